The van der Waals surface area contributed by atoms with Gasteiger partial charge < -0.3 is 9.80 Å². The molecule has 0 fully saturated rings. The van der Waals surface area contributed by atoms with E-state index in [0.29, 0.717) is 0 Å². The second-order valence-electron chi connectivity index (χ2n) is 18.9. The third-order valence-corrected chi connectivity index (χ3v) is 13.8. The molecule has 2 heterocycles. The second kappa shape index (κ2) is 16.4. The van der Waals surface area contributed by atoms with Crippen LogP contribution in [-0.4, -0.2) is 6.71 Å². The van der Waals surface area contributed by atoms with Crippen molar-refractivity contribution in [2.24, 2.45) is 0 Å². The Morgan fingerprint density at radius 1 is 0.299 bits per heavy atom. The Labute approximate surface area is 395 Å². The zero-order valence-electron chi connectivity index (χ0n) is 38.1. The van der Waals surface area contributed by atoms with E-state index in [1.54, 1.807) is 0 Å². The molecule has 10 aromatic rings. The number of benzene rings is 10. The Bertz CT molecular complexity index is 3420. The molecule has 2 aliphatic rings. The highest BCUT2D eigenvalue weighted by molar-refractivity contribution is 7.00. The van der Waals surface area contributed by atoms with Gasteiger partial charge in [-0.1, -0.05) is 215 Å². The predicted octanol–water partition coefficient (Wildman–Crippen LogP) is 15.4. The average Bonchev–Trinajstić information content (AvgIpc) is 3.39. The molecule has 0 saturated carbocycles. The molecule has 0 N–H and O–H groups in total. The van der Waals surface area contributed by atoms with E-state index in [-0.39, 0.29) is 12.1 Å². The highest BCUT2D eigenvalue weighted by Gasteiger charge is 2.45. The maximum Gasteiger partial charge on any atom is 0.252 e. The van der Waals surface area contributed by atoms with Crippen LogP contribution in [0.15, 0.2) is 243 Å². The molecule has 10 aromatic carbocycles. The van der Waals surface area contributed by atoms with Crippen LogP contribution in [0.1, 0.15) is 26.3 Å². The maximum absolute atomic E-state index is 2.59. The summed E-state index contributed by atoms with van der Waals surface area (Å²) in [4.78, 5) is 5.14. The molecule has 318 valence electrons. The first-order valence-electron chi connectivity index (χ1n) is 23.5. The van der Waals surface area contributed by atoms with Crippen molar-refractivity contribution >= 4 is 57.2 Å². The van der Waals surface area contributed by atoms with Gasteiger partial charge in [0.05, 0.1) is 5.69 Å². The SMILES string of the molecule is CC(C)(C)c1cc2c3c(c1)N(c1ccc(-c4ccccc4)cc1-c1ccccc1)c1ccc(-c4ccccc4)cc1B3c1cc(-c3ccccc3)ccc1N2c1ccc(-c2ccccc2)cc1. The highest BCUT2D eigenvalue weighted by Crippen LogP contribution is 2.49. The fourth-order valence-corrected chi connectivity index (χ4v) is 10.4. The molecule has 0 radical (unpaired) electrons. The van der Waals surface area contributed by atoms with E-state index >= 15 is 0 Å². The Hall–Kier alpha value is -8.14. The predicted molar refractivity (Wildman–Crippen MR) is 286 cm³/mol. The van der Waals surface area contributed by atoms with Crippen LogP contribution < -0.4 is 26.2 Å². The molecule has 0 spiro atoms. The van der Waals surface area contributed by atoms with Crippen molar-refractivity contribution in [3.05, 3.63) is 248 Å². The molecular formula is C64H49BN2. The zero-order valence-corrected chi connectivity index (χ0v) is 38.1. The van der Waals surface area contributed by atoms with Gasteiger partial charge in [0.1, 0.15) is 0 Å². The molecule has 2 nitrogen and oxygen atoms in total. The van der Waals surface area contributed by atoms with E-state index in [2.05, 4.69) is 273 Å². The largest absolute Gasteiger partial charge is 0.311 e. The van der Waals surface area contributed by atoms with Gasteiger partial charge in [-0.3, -0.25) is 0 Å². The lowest BCUT2D eigenvalue weighted by molar-refractivity contribution is 0.590. The molecule has 0 bridgehead atoms. The third-order valence-electron chi connectivity index (χ3n) is 13.8. The minimum absolute atomic E-state index is 0.0591. The number of nitrogens with zero attached hydrogens (tertiary/aromatic N) is 2. The van der Waals surface area contributed by atoms with Gasteiger partial charge >= 0.3 is 0 Å². The zero-order chi connectivity index (χ0) is 45.1. The summed E-state index contributed by atoms with van der Waals surface area (Å²) >= 11 is 0. The molecule has 0 amide bonds. The van der Waals surface area contributed by atoms with Crippen LogP contribution in [0.25, 0.3) is 55.6 Å². The quantitative estimate of drug-likeness (QED) is 0.147. The Morgan fingerprint density at radius 3 is 1.12 bits per heavy atom. The summed E-state index contributed by atoms with van der Waals surface area (Å²) in [6.45, 7) is 6.98. The van der Waals surface area contributed by atoms with E-state index in [1.807, 2.05) is 0 Å². The van der Waals surface area contributed by atoms with Crippen LogP contribution in [0.4, 0.5) is 34.1 Å². The summed E-state index contributed by atoms with van der Waals surface area (Å²) in [6, 6.07) is 89.7. The summed E-state index contributed by atoms with van der Waals surface area (Å²) in [5, 5.41) is 0. The van der Waals surface area contributed by atoms with Crippen LogP contribution in [-0.2, 0) is 5.41 Å². The molecule has 67 heavy (non-hydrogen) atoms. The van der Waals surface area contributed by atoms with Crippen LogP contribution in [0.2, 0.25) is 0 Å². The smallest absolute Gasteiger partial charge is 0.252 e. The van der Waals surface area contributed by atoms with Crippen molar-refractivity contribution in [3.63, 3.8) is 0 Å². The number of hydrogen-bond acceptors (Lipinski definition) is 2. The lowest BCUT2D eigenvalue weighted by atomic mass is 9.33. The molecule has 0 aliphatic carbocycles. The van der Waals surface area contributed by atoms with Gasteiger partial charge in [-0.15, -0.1) is 0 Å². The molecular weight excluding hydrogens is 808 g/mol. The van der Waals surface area contributed by atoms with Crippen molar-refractivity contribution in [2.75, 3.05) is 9.80 Å². The fraction of sp³-hybridized carbons (Fsp3) is 0.0625. The topological polar surface area (TPSA) is 6.48 Å². The number of rotatable bonds is 7. The molecule has 0 atom stereocenters. The van der Waals surface area contributed by atoms with Crippen molar-refractivity contribution in [2.45, 2.75) is 26.2 Å². The van der Waals surface area contributed by atoms with E-state index in [9.17, 15) is 0 Å². The van der Waals surface area contributed by atoms with Gasteiger partial charge in [-0.25, -0.2) is 0 Å². The minimum Gasteiger partial charge on any atom is -0.311 e. The maximum atomic E-state index is 2.59. The molecule has 12 rings (SSSR count). The summed E-state index contributed by atoms with van der Waals surface area (Å²) in [5.41, 5.74) is 24.1. The van der Waals surface area contributed by atoms with Gasteiger partial charge in [-0.2, -0.15) is 0 Å². The van der Waals surface area contributed by atoms with Crippen molar-refractivity contribution in [1.82, 2.24) is 0 Å². The summed E-state index contributed by atoms with van der Waals surface area (Å²) in [6.07, 6.45) is 0. The Morgan fingerprint density at radius 2 is 0.657 bits per heavy atom. The standard InChI is InChI=1S/C64H49BN2/c1-64(2,3)53-42-61-63-62(43-53)67(58-36-31-50(45-21-11-5-12-22-45)39-55(58)49-27-17-8-18-28-49)60-38-33-52(47-25-15-7-16-26-47)41-57(60)65(63)56-40-51(46-23-13-6-14-24-46)32-37-59(56)66(61)54-34-29-48(30-35-54)44-19-9-4-10-20-44/h4-43H,1-3H3. The van der Waals surface area contributed by atoms with Gasteiger partial charge in [0.25, 0.3) is 6.71 Å². The average molecular weight is 857 g/mol. The molecule has 2 aliphatic heterocycles. The first-order chi connectivity index (χ1) is 32.9. The van der Waals surface area contributed by atoms with Crippen LogP contribution in [0.5, 0.6) is 0 Å². The normalized spacial score (nSPS) is 12.6. The summed E-state index contributed by atoms with van der Waals surface area (Å²) < 4.78 is 0. The van der Waals surface area contributed by atoms with E-state index in [4.69, 9.17) is 0 Å². The third kappa shape index (κ3) is 7.16. The molecule has 0 aromatic heterocycles. The highest BCUT2D eigenvalue weighted by atomic mass is 15.2. The lowest BCUT2D eigenvalue weighted by Gasteiger charge is -2.45. The summed E-state index contributed by atoms with van der Waals surface area (Å²) in [7, 11) is 0. The van der Waals surface area contributed by atoms with Crippen LogP contribution in [0, 0.1) is 0 Å². The first-order valence-corrected chi connectivity index (χ1v) is 23.5. The minimum atomic E-state index is -0.149. The second-order valence-corrected chi connectivity index (χ2v) is 18.9. The van der Waals surface area contributed by atoms with Crippen LogP contribution >= 0.6 is 0 Å². The first kappa shape index (κ1) is 40.4. The Balaban J connectivity index is 1.18. The van der Waals surface area contributed by atoms with Gasteiger partial charge in [-0.05, 0) is 126 Å². The molecule has 0 saturated heterocycles. The van der Waals surface area contributed by atoms with Crippen LogP contribution in [0.3, 0.4) is 0 Å². The van der Waals surface area contributed by atoms with E-state index < -0.39 is 0 Å². The van der Waals surface area contributed by atoms with Gasteiger partial charge in [0.15, 0.2) is 0 Å². The van der Waals surface area contributed by atoms with Gasteiger partial charge in [0.2, 0.25) is 0 Å². The van der Waals surface area contributed by atoms with E-state index in [0.717, 1.165) is 11.4 Å². The van der Waals surface area contributed by atoms with Crippen molar-refractivity contribution < 1.29 is 0 Å². The fourth-order valence-electron chi connectivity index (χ4n) is 10.4. The monoisotopic (exact) mass is 856 g/mol. The van der Waals surface area contributed by atoms with Crippen molar-refractivity contribution in [1.29, 1.82) is 0 Å². The Kier molecular flexibility index (Phi) is 9.87. The summed E-state index contributed by atoms with van der Waals surface area (Å²) in [5.74, 6) is 0. The molecule has 0 unspecified atom stereocenters. The van der Waals surface area contributed by atoms with Crippen molar-refractivity contribution in [3.8, 4) is 55.6 Å². The number of hydrogen-bond donors (Lipinski definition) is 0. The lowest BCUT2D eigenvalue weighted by Crippen LogP contribution is -2.61. The number of anilines is 6. The number of fused-ring (bicyclic) bond motifs is 4. The molecule has 3 heteroatoms. The van der Waals surface area contributed by atoms with E-state index in [1.165, 1.54) is 100 Å². The van der Waals surface area contributed by atoms with Gasteiger partial charge in [0, 0.05) is 34.0 Å².